The van der Waals surface area contributed by atoms with Crippen LogP contribution in [0, 0.1) is 0 Å². The molecule has 0 aliphatic carbocycles. The Morgan fingerprint density at radius 3 is 2.46 bits per heavy atom. The Kier molecular flexibility index (Phi) is 6.93. The summed E-state index contributed by atoms with van der Waals surface area (Å²) in [5.74, 6) is -0.862. The molecule has 10 heteroatoms. The van der Waals surface area contributed by atoms with Crippen LogP contribution in [0.4, 0.5) is 18.9 Å². The van der Waals surface area contributed by atoms with Gasteiger partial charge in [0.05, 0.1) is 16.4 Å². The number of nitrogens with one attached hydrogen (secondary N) is 1. The number of nitrogens with two attached hydrogens (primary N) is 1. The van der Waals surface area contributed by atoms with Gasteiger partial charge in [0.15, 0.2) is 5.69 Å². The van der Waals surface area contributed by atoms with Gasteiger partial charge in [-0.1, -0.05) is 60.1 Å². The molecule has 0 fully saturated rings. The van der Waals surface area contributed by atoms with Gasteiger partial charge in [0.2, 0.25) is 0 Å². The number of carbonyl (C=O) groups is 1. The monoisotopic (exact) mass is 500 g/mol. The Balaban J connectivity index is 1.70. The number of hydrogen-bond donors (Lipinski definition) is 3. The summed E-state index contributed by atoms with van der Waals surface area (Å²) in [7, 11) is 0. The molecule has 0 aliphatic heterocycles. The number of aliphatic hydroxyl groups excluding tert-OH is 1. The Labute approximate surface area is 203 Å². The van der Waals surface area contributed by atoms with Gasteiger partial charge in [-0.05, 0) is 41.0 Å². The minimum absolute atomic E-state index is 0.126. The quantitative estimate of drug-likeness (QED) is 0.333. The molecule has 180 valence electrons. The average molecular weight is 501 g/mol. The number of benzene rings is 3. The third-order valence-electron chi connectivity index (χ3n) is 5.29. The van der Waals surface area contributed by atoms with Crippen molar-refractivity contribution < 1.29 is 23.1 Å². The molecule has 1 atom stereocenters. The summed E-state index contributed by atoms with van der Waals surface area (Å²) >= 11 is 6.24. The van der Waals surface area contributed by atoms with E-state index in [4.69, 9.17) is 17.3 Å². The van der Waals surface area contributed by atoms with E-state index in [9.17, 15) is 23.1 Å². The Bertz CT molecular complexity index is 1360. The lowest BCUT2D eigenvalue weighted by atomic mass is 10.0. The van der Waals surface area contributed by atoms with Crippen LogP contribution in [-0.4, -0.2) is 20.8 Å². The van der Waals surface area contributed by atoms with Crippen molar-refractivity contribution in [3.63, 3.8) is 0 Å². The van der Waals surface area contributed by atoms with Crippen LogP contribution in [0.5, 0.6) is 0 Å². The zero-order chi connectivity index (χ0) is 25.2. The SMILES string of the molecule is NCc1cccc(-n2nc(C(F)(F)F)cc2C(=O)Nc2cc(C(O)c3ccccc3)ccc2Cl)c1. The lowest BCUT2D eigenvalue weighted by molar-refractivity contribution is -0.141. The molecule has 1 heterocycles. The molecule has 4 aromatic rings. The van der Waals surface area contributed by atoms with Crippen molar-refractivity contribution in [1.29, 1.82) is 0 Å². The molecule has 0 saturated carbocycles. The highest BCUT2D eigenvalue weighted by Gasteiger charge is 2.36. The summed E-state index contributed by atoms with van der Waals surface area (Å²) in [6.07, 6.45) is -5.76. The van der Waals surface area contributed by atoms with Crippen LogP contribution in [0.15, 0.2) is 78.9 Å². The molecule has 1 amide bonds. The maximum absolute atomic E-state index is 13.4. The van der Waals surface area contributed by atoms with Crippen LogP contribution in [0.2, 0.25) is 5.02 Å². The lowest BCUT2D eigenvalue weighted by Crippen LogP contribution is -2.17. The van der Waals surface area contributed by atoms with Crippen molar-refractivity contribution in [3.05, 3.63) is 112 Å². The third kappa shape index (κ3) is 5.37. The molecule has 0 saturated heterocycles. The van der Waals surface area contributed by atoms with Crippen molar-refractivity contribution in [2.75, 3.05) is 5.32 Å². The highest BCUT2D eigenvalue weighted by molar-refractivity contribution is 6.34. The predicted molar refractivity (Wildman–Crippen MR) is 126 cm³/mol. The standard InChI is InChI=1S/C25H20ClF3N4O2/c26-19-10-9-17(23(34)16-6-2-1-3-7-16)12-20(19)31-24(35)21-13-22(25(27,28)29)32-33(21)18-8-4-5-15(11-18)14-30/h1-13,23,34H,14,30H2,(H,31,35). The summed E-state index contributed by atoms with van der Waals surface area (Å²) in [6, 6.07) is 20.5. The van der Waals surface area contributed by atoms with Gasteiger partial charge in [0.1, 0.15) is 11.8 Å². The van der Waals surface area contributed by atoms with Crippen LogP contribution in [0.3, 0.4) is 0 Å². The highest BCUT2D eigenvalue weighted by atomic mass is 35.5. The predicted octanol–water partition coefficient (Wildman–Crippen LogP) is 5.34. The Morgan fingerprint density at radius 1 is 1.03 bits per heavy atom. The first-order chi connectivity index (χ1) is 16.7. The molecule has 3 aromatic carbocycles. The average Bonchev–Trinajstić information content (AvgIpc) is 3.32. The van der Waals surface area contributed by atoms with Gasteiger partial charge in [-0.15, -0.1) is 0 Å². The first-order valence-corrected chi connectivity index (χ1v) is 10.9. The van der Waals surface area contributed by atoms with Crippen molar-refractivity contribution >= 4 is 23.2 Å². The topological polar surface area (TPSA) is 93.2 Å². The number of alkyl halides is 3. The van der Waals surface area contributed by atoms with E-state index in [2.05, 4.69) is 10.4 Å². The van der Waals surface area contributed by atoms with Gasteiger partial charge in [-0.25, -0.2) is 4.68 Å². The summed E-state index contributed by atoms with van der Waals surface area (Å²) in [4.78, 5) is 13.1. The number of amides is 1. The van der Waals surface area contributed by atoms with Gasteiger partial charge >= 0.3 is 6.18 Å². The van der Waals surface area contributed by atoms with Crippen LogP contribution >= 0.6 is 11.6 Å². The smallest absolute Gasteiger partial charge is 0.384 e. The molecule has 0 spiro atoms. The lowest BCUT2D eigenvalue weighted by Gasteiger charge is -2.15. The second kappa shape index (κ2) is 9.91. The number of rotatable bonds is 6. The van der Waals surface area contributed by atoms with E-state index in [-0.39, 0.29) is 28.6 Å². The van der Waals surface area contributed by atoms with Crippen molar-refractivity contribution in [2.24, 2.45) is 5.73 Å². The summed E-state index contributed by atoms with van der Waals surface area (Å²) in [6.45, 7) is 0.162. The normalized spacial score (nSPS) is 12.4. The molecule has 6 nitrogen and oxygen atoms in total. The maximum atomic E-state index is 13.4. The minimum Gasteiger partial charge on any atom is -0.384 e. The molecule has 1 aromatic heterocycles. The second-order valence-electron chi connectivity index (χ2n) is 7.71. The molecular formula is C25H20ClF3N4O2. The number of aliphatic hydroxyl groups is 1. The number of hydrogen-bond acceptors (Lipinski definition) is 4. The largest absolute Gasteiger partial charge is 0.435 e. The van der Waals surface area contributed by atoms with Crippen LogP contribution in [0.25, 0.3) is 5.69 Å². The van der Waals surface area contributed by atoms with E-state index in [1.54, 1.807) is 48.5 Å². The number of nitrogens with zero attached hydrogens (tertiary/aromatic N) is 2. The van der Waals surface area contributed by atoms with E-state index in [0.717, 1.165) is 4.68 Å². The van der Waals surface area contributed by atoms with Gasteiger partial charge in [-0.3, -0.25) is 4.79 Å². The molecule has 35 heavy (non-hydrogen) atoms. The molecule has 0 aliphatic rings. The fourth-order valence-electron chi connectivity index (χ4n) is 3.52. The van der Waals surface area contributed by atoms with Crippen LogP contribution in [0.1, 0.15) is 39.0 Å². The van der Waals surface area contributed by atoms with E-state index in [1.165, 1.54) is 18.2 Å². The summed E-state index contributed by atoms with van der Waals surface area (Å²) < 4.78 is 41.2. The zero-order valence-electron chi connectivity index (χ0n) is 18.1. The molecule has 4 N–H and O–H groups in total. The first-order valence-electron chi connectivity index (χ1n) is 10.5. The Morgan fingerprint density at radius 2 is 1.77 bits per heavy atom. The maximum Gasteiger partial charge on any atom is 0.435 e. The van der Waals surface area contributed by atoms with Gasteiger partial charge in [0.25, 0.3) is 5.91 Å². The zero-order valence-corrected chi connectivity index (χ0v) is 18.9. The third-order valence-corrected chi connectivity index (χ3v) is 5.62. The molecule has 4 rings (SSSR count). The van der Waals surface area contributed by atoms with E-state index in [1.807, 2.05) is 6.07 Å². The van der Waals surface area contributed by atoms with Gasteiger partial charge in [0, 0.05) is 12.6 Å². The number of carbonyl (C=O) groups excluding carboxylic acids is 1. The minimum atomic E-state index is -4.76. The molecule has 0 radical (unpaired) electrons. The summed E-state index contributed by atoms with van der Waals surface area (Å²) in [5.41, 5.74) is 6.16. The molecular weight excluding hydrogens is 481 g/mol. The Hall–Kier alpha value is -3.66. The van der Waals surface area contributed by atoms with Crippen molar-refractivity contribution in [1.82, 2.24) is 9.78 Å². The van der Waals surface area contributed by atoms with E-state index >= 15 is 0 Å². The fraction of sp³-hybridized carbons (Fsp3) is 0.120. The second-order valence-corrected chi connectivity index (χ2v) is 8.11. The fourth-order valence-corrected chi connectivity index (χ4v) is 3.68. The molecule has 1 unspecified atom stereocenters. The van der Waals surface area contributed by atoms with Gasteiger partial charge < -0.3 is 16.2 Å². The summed E-state index contributed by atoms with van der Waals surface area (Å²) in [5, 5.41) is 17.0. The first kappa shape index (κ1) is 24.5. The van der Waals surface area contributed by atoms with Crippen LogP contribution < -0.4 is 11.1 Å². The number of anilines is 1. The van der Waals surface area contributed by atoms with E-state index < -0.39 is 23.9 Å². The van der Waals surface area contributed by atoms with Gasteiger partial charge in [-0.2, -0.15) is 18.3 Å². The van der Waals surface area contributed by atoms with Crippen molar-refractivity contribution in [3.8, 4) is 5.69 Å². The van der Waals surface area contributed by atoms with Crippen molar-refractivity contribution in [2.45, 2.75) is 18.8 Å². The highest BCUT2D eigenvalue weighted by Crippen LogP contribution is 2.32. The van der Waals surface area contributed by atoms with E-state index in [0.29, 0.717) is 22.8 Å². The number of aromatic nitrogens is 2. The van der Waals surface area contributed by atoms with Crippen LogP contribution in [-0.2, 0) is 12.7 Å². The number of halogens is 4. The molecule has 0 bridgehead atoms.